The first-order chi connectivity index (χ1) is 6.95. The topological polar surface area (TPSA) is 46.3 Å². The Kier molecular flexibility index (Phi) is 4.14. The Morgan fingerprint density at radius 3 is 2.60 bits per heavy atom. The third kappa shape index (κ3) is 3.49. The molecule has 1 unspecified atom stereocenters. The minimum Gasteiger partial charge on any atom is -0.341 e. The van der Waals surface area contributed by atoms with Gasteiger partial charge in [-0.3, -0.25) is 4.79 Å². The van der Waals surface area contributed by atoms with Crippen LogP contribution in [0.1, 0.15) is 46.5 Å². The maximum atomic E-state index is 12.0. The Hall–Kier alpha value is -0.570. The fraction of sp³-hybridized carbons (Fsp3) is 0.917. The summed E-state index contributed by atoms with van der Waals surface area (Å²) in [4.78, 5) is 13.9. The van der Waals surface area contributed by atoms with Crippen molar-refractivity contribution < 1.29 is 4.79 Å². The molecule has 1 atom stereocenters. The molecule has 0 bridgehead atoms. The van der Waals surface area contributed by atoms with Gasteiger partial charge in [0.15, 0.2) is 0 Å². The van der Waals surface area contributed by atoms with Gasteiger partial charge in [0, 0.05) is 13.1 Å². The Balaban J connectivity index is 2.54. The highest BCUT2D eigenvalue weighted by molar-refractivity contribution is 5.85. The van der Waals surface area contributed by atoms with Crippen molar-refractivity contribution in [2.45, 2.75) is 52.0 Å². The molecule has 0 saturated carbocycles. The van der Waals surface area contributed by atoms with Gasteiger partial charge in [-0.25, -0.2) is 0 Å². The zero-order valence-corrected chi connectivity index (χ0v) is 10.3. The second-order valence-electron chi connectivity index (χ2n) is 5.22. The SMILES string of the molecule is CCC1CCCN(C(=O)C(C)(C)N)CC1. The lowest BCUT2D eigenvalue weighted by atomic mass is 9.98. The van der Waals surface area contributed by atoms with Crippen LogP contribution in [0, 0.1) is 5.92 Å². The van der Waals surface area contributed by atoms with Crippen molar-refractivity contribution >= 4 is 5.91 Å². The molecule has 1 rings (SSSR count). The number of rotatable bonds is 2. The first-order valence-electron chi connectivity index (χ1n) is 6.03. The largest absolute Gasteiger partial charge is 0.341 e. The van der Waals surface area contributed by atoms with Crippen LogP contribution in [0.4, 0.5) is 0 Å². The number of nitrogens with two attached hydrogens (primary N) is 1. The van der Waals surface area contributed by atoms with E-state index in [2.05, 4.69) is 6.92 Å². The van der Waals surface area contributed by atoms with Gasteiger partial charge in [-0.05, 0) is 39.0 Å². The van der Waals surface area contributed by atoms with E-state index in [1.807, 2.05) is 4.90 Å². The van der Waals surface area contributed by atoms with Gasteiger partial charge in [0.1, 0.15) is 0 Å². The molecule has 0 spiro atoms. The molecule has 0 aromatic heterocycles. The minimum atomic E-state index is -0.716. The number of carbonyl (C=O) groups is 1. The first kappa shape index (κ1) is 12.5. The van der Waals surface area contributed by atoms with Crippen LogP contribution in [-0.2, 0) is 4.79 Å². The zero-order chi connectivity index (χ0) is 11.5. The van der Waals surface area contributed by atoms with E-state index in [1.165, 1.54) is 12.8 Å². The fourth-order valence-corrected chi connectivity index (χ4v) is 2.18. The van der Waals surface area contributed by atoms with Crippen molar-refractivity contribution in [1.29, 1.82) is 0 Å². The summed E-state index contributed by atoms with van der Waals surface area (Å²) in [5.41, 5.74) is 5.12. The summed E-state index contributed by atoms with van der Waals surface area (Å²) < 4.78 is 0. The number of carbonyl (C=O) groups excluding carboxylic acids is 1. The molecule has 1 amide bonds. The maximum absolute atomic E-state index is 12.0. The van der Waals surface area contributed by atoms with E-state index in [0.717, 1.165) is 31.8 Å². The molecule has 15 heavy (non-hydrogen) atoms. The standard InChI is InChI=1S/C12H24N2O/c1-4-10-6-5-8-14(9-7-10)11(15)12(2,3)13/h10H,4-9,13H2,1-3H3. The summed E-state index contributed by atoms with van der Waals surface area (Å²) in [5.74, 6) is 0.892. The van der Waals surface area contributed by atoms with Gasteiger partial charge in [-0.15, -0.1) is 0 Å². The maximum Gasteiger partial charge on any atom is 0.242 e. The third-order valence-electron chi connectivity index (χ3n) is 3.26. The van der Waals surface area contributed by atoms with Crippen LogP contribution in [0.15, 0.2) is 0 Å². The average Bonchev–Trinajstić information content (AvgIpc) is 2.39. The fourth-order valence-electron chi connectivity index (χ4n) is 2.18. The van der Waals surface area contributed by atoms with Gasteiger partial charge in [0.05, 0.1) is 5.54 Å². The van der Waals surface area contributed by atoms with Crippen molar-refractivity contribution in [1.82, 2.24) is 4.90 Å². The molecule has 3 nitrogen and oxygen atoms in total. The molecule has 0 aromatic carbocycles. The molecular formula is C12H24N2O. The molecule has 1 aliphatic rings. The lowest BCUT2D eigenvalue weighted by Gasteiger charge is -2.28. The van der Waals surface area contributed by atoms with Gasteiger partial charge in [-0.1, -0.05) is 13.3 Å². The summed E-state index contributed by atoms with van der Waals surface area (Å²) in [7, 11) is 0. The van der Waals surface area contributed by atoms with E-state index in [4.69, 9.17) is 5.73 Å². The molecule has 1 heterocycles. The lowest BCUT2D eigenvalue weighted by molar-refractivity contribution is -0.135. The van der Waals surface area contributed by atoms with E-state index in [0.29, 0.717) is 0 Å². The van der Waals surface area contributed by atoms with Crippen molar-refractivity contribution in [2.75, 3.05) is 13.1 Å². The van der Waals surface area contributed by atoms with Gasteiger partial charge >= 0.3 is 0 Å². The summed E-state index contributed by atoms with van der Waals surface area (Å²) in [6.07, 6.45) is 4.75. The quantitative estimate of drug-likeness (QED) is 0.758. The van der Waals surface area contributed by atoms with Crippen molar-refractivity contribution in [3.05, 3.63) is 0 Å². The lowest BCUT2D eigenvalue weighted by Crippen LogP contribution is -2.51. The average molecular weight is 212 g/mol. The Morgan fingerprint density at radius 1 is 1.40 bits per heavy atom. The van der Waals surface area contributed by atoms with Crippen molar-refractivity contribution in [3.8, 4) is 0 Å². The first-order valence-corrected chi connectivity index (χ1v) is 6.03. The summed E-state index contributed by atoms with van der Waals surface area (Å²) in [5, 5.41) is 0. The normalized spacial score (nSPS) is 23.7. The highest BCUT2D eigenvalue weighted by Gasteiger charge is 2.29. The molecule has 1 fully saturated rings. The number of hydrogen-bond acceptors (Lipinski definition) is 2. The van der Waals surface area contributed by atoms with E-state index < -0.39 is 5.54 Å². The Bertz CT molecular complexity index is 220. The van der Waals surface area contributed by atoms with Crippen molar-refractivity contribution in [3.63, 3.8) is 0 Å². The number of likely N-dealkylation sites (tertiary alicyclic amines) is 1. The monoisotopic (exact) mass is 212 g/mol. The van der Waals surface area contributed by atoms with Gasteiger partial charge in [0.2, 0.25) is 5.91 Å². The van der Waals surface area contributed by atoms with E-state index in [1.54, 1.807) is 13.8 Å². The molecule has 3 heteroatoms. The molecule has 0 aliphatic carbocycles. The van der Waals surface area contributed by atoms with E-state index in [9.17, 15) is 4.79 Å². The number of nitrogens with zero attached hydrogens (tertiary/aromatic N) is 1. The molecule has 2 N–H and O–H groups in total. The number of hydrogen-bond donors (Lipinski definition) is 1. The molecule has 1 saturated heterocycles. The number of amides is 1. The van der Waals surface area contributed by atoms with Crippen LogP contribution in [0.25, 0.3) is 0 Å². The zero-order valence-electron chi connectivity index (χ0n) is 10.3. The molecule has 0 aromatic rings. The Morgan fingerprint density at radius 2 is 2.07 bits per heavy atom. The summed E-state index contributed by atoms with van der Waals surface area (Å²) >= 11 is 0. The molecule has 1 aliphatic heterocycles. The van der Waals surface area contributed by atoms with Gasteiger partial charge < -0.3 is 10.6 Å². The smallest absolute Gasteiger partial charge is 0.242 e. The highest BCUT2D eigenvalue weighted by atomic mass is 16.2. The summed E-state index contributed by atoms with van der Waals surface area (Å²) in [6, 6.07) is 0. The van der Waals surface area contributed by atoms with E-state index in [-0.39, 0.29) is 5.91 Å². The van der Waals surface area contributed by atoms with Crippen molar-refractivity contribution in [2.24, 2.45) is 11.7 Å². The molecule has 88 valence electrons. The van der Waals surface area contributed by atoms with Gasteiger partial charge in [0.25, 0.3) is 0 Å². The minimum absolute atomic E-state index is 0.0965. The van der Waals surface area contributed by atoms with Crippen LogP contribution in [0.5, 0.6) is 0 Å². The van der Waals surface area contributed by atoms with Crippen LogP contribution < -0.4 is 5.73 Å². The van der Waals surface area contributed by atoms with Crippen LogP contribution in [0.3, 0.4) is 0 Å². The molecule has 0 radical (unpaired) electrons. The van der Waals surface area contributed by atoms with Crippen LogP contribution in [-0.4, -0.2) is 29.4 Å². The van der Waals surface area contributed by atoms with E-state index >= 15 is 0 Å². The third-order valence-corrected chi connectivity index (χ3v) is 3.26. The second kappa shape index (κ2) is 4.97. The molecular weight excluding hydrogens is 188 g/mol. The predicted molar refractivity (Wildman–Crippen MR) is 62.5 cm³/mol. The Labute approximate surface area is 93.0 Å². The van der Waals surface area contributed by atoms with Crippen LogP contribution in [0.2, 0.25) is 0 Å². The second-order valence-corrected chi connectivity index (χ2v) is 5.22. The summed E-state index contributed by atoms with van der Waals surface area (Å²) in [6.45, 7) is 7.58. The predicted octanol–water partition coefficient (Wildman–Crippen LogP) is 1.76. The van der Waals surface area contributed by atoms with Gasteiger partial charge in [-0.2, -0.15) is 0 Å². The van der Waals surface area contributed by atoms with Crippen LogP contribution >= 0.6 is 0 Å². The highest BCUT2D eigenvalue weighted by Crippen LogP contribution is 2.21.